The average molecular weight is 571 g/mol. The Morgan fingerprint density at radius 2 is 1.81 bits per heavy atom. The molecule has 1 amide bonds. The number of esters is 1. The largest absolute Gasteiger partial charge is 0.508 e. The maximum Gasteiger partial charge on any atom is 0.412 e. The van der Waals surface area contributed by atoms with Crippen molar-refractivity contribution >= 4 is 46.3 Å². The molecule has 0 saturated carbocycles. The molecule has 0 bridgehead atoms. The van der Waals surface area contributed by atoms with Gasteiger partial charge >= 0.3 is 12.1 Å². The van der Waals surface area contributed by atoms with Crippen molar-refractivity contribution < 1.29 is 28.9 Å². The first-order chi connectivity index (χ1) is 17.4. The SMILES string of the molecule is N#Cc1ccc(NC(=O)O[C@@H](c2cc(Br)ccc2O)[C@H](CCOC(=O)CS)Oc2ccccc2)cc1. The van der Waals surface area contributed by atoms with Gasteiger partial charge in [0.05, 0.1) is 24.0 Å². The first kappa shape index (κ1) is 26.9. The number of carbonyl (C=O) groups excluding carboxylic acids is 2. The van der Waals surface area contributed by atoms with Crippen LogP contribution in [0.25, 0.3) is 0 Å². The number of nitrogens with one attached hydrogen (secondary N) is 1. The van der Waals surface area contributed by atoms with E-state index in [-0.39, 0.29) is 24.5 Å². The number of nitrogens with zero attached hydrogens (tertiary/aromatic N) is 1. The summed E-state index contributed by atoms with van der Waals surface area (Å²) < 4.78 is 17.7. The van der Waals surface area contributed by atoms with Crippen molar-refractivity contribution in [2.75, 3.05) is 17.7 Å². The minimum atomic E-state index is -1.09. The molecule has 0 aliphatic heterocycles. The number of hydrogen-bond donors (Lipinski definition) is 3. The smallest absolute Gasteiger partial charge is 0.412 e. The molecule has 0 spiro atoms. The molecule has 2 atom stereocenters. The summed E-state index contributed by atoms with van der Waals surface area (Å²) in [6.45, 7) is -0.0250. The summed E-state index contributed by atoms with van der Waals surface area (Å²) in [6.07, 6.45) is -2.59. The molecule has 8 nitrogen and oxygen atoms in total. The third-order valence-electron chi connectivity index (χ3n) is 4.95. The molecule has 0 unspecified atom stereocenters. The van der Waals surface area contributed by atoms with Crippen molar-refractivity contribution in [3.8, 4) is 17.6 Å². The van der Waals surface area contributed by atoms with E-state index in [2.05, 4.69) is 33.9 Å². The topological polar surface area (TPSA) is 118 Å². The van der Waals surface area contributed by atoms with E-state index in [1.807, 2.05) is 12.1 Å². The Kier molecular flexibility index (Phi) is 10.0. The normalized spacial score (nSPS) is 12.0. The monoisotopic (exact) mass is 570 g/mol. The van der Waals surface area contributed by atoms with Crippen LogP contribution >= 0.6 is 28.6 Å². The Bertz CT molecular complexity index is 1220. The minimum absolute atomic E-state index is 0.0250. The third-order valence-corrected chi connectivity index (χ3v) is 5.70. The van der Waals surface area contributed by atoms with Gasteiger partial charge in [0.1, 0.15) is 17.6 Å². The number of phenolic OH excluding ortho intramolecular Hbond substituents is 1. The van der Waals surface area contributed by atoms with Crippen molar-refractivity contribution in [2.45, 2.75) is 18.6 Å². The molecule has 186 valence electrons. The molecule has 10 heteroatoms. The Hall–Kier alpha value is -3.68. The summed E-state index contributed by atoms with van der Waals surface area (Å²) in [4.78, 5) is 24.5. The zero-order valence-electron chi connectivity index (χ0n) is 19.0. The van der Waals surface area contributed by atoms with Gasteiger partial charge in [-0.1, -0.05) is 34.1 Å². The van der Waals surface area contributed by atoms with Crippen LogP contribution in [0, 0.1) is 11.3 Å². The molecular weight excluding hydrogens is 548 g/mol. The summed E-state index contributed by atoms with van der Waals surface area (Å²) in [6, 6.07) is 21.9. The van der Waals surface area contributed by atoms with Crippen LogP contribution in [0.5, 0.6) is 11.5 Å². The van der Waals surface area contributed by atoms with Gasteiger partial charge in [0.15, 0.2) is 6.10 Å². The fourth-order valence-corrected chi connectivity index (χ4v) is 3.73. The van der Waals surface area contributed by atoms with Crippen molar-refractivity contribution in [1.29, 1.82) is 5.26 Å². The molecule has 0 aliphatic rings. The molecule has 0 aromatic heterocycles. The first-order valence-electron chi connectivity index (χ1n) is 10.8. The van der Waals surface area contributed by atoms with E-state index in [9.17, 15) is 14.7 Å². The number of hydrogen-bond acceptors (Lipinski definition) is 8. The number of benzene rings is 3. The van der Waals surface area contributed by atoms with Crippen LogP contribution in [-0.2, 0) is 14.3 Å². The van der Waals surface area contributed by atoms with Crippen LogP contribution in [0.15, 0.2) is 77.3 Å². The van der Waals surface area contributed by atoms with Gasteiger partial charge in [0.2, 0.25) is 0 Å². The highest BCUT2D eigenvalue weighted by molar-refractivity contribution is 9.10. The fourth-order valence-electron chi connectivity index (χ4n) is 3.26. The summed E-state index contributed by atoms with van der Waals surface area (Å²) >= 11 is 7.29. The number of anilines is 1. The Morgan fingerprint density at radius 1 is 1.08 bits per heavy atom. The van der Waals surface area contributed by atoms with Crippen molar-refractivity contribution in [3.63, 3.8) is 0 Å². The lowest BCUT2D eigenvalue weighted by molar-refractivity contribution is -0.141. The number of aromatic hydroxyl groups is 1. The molecule has 0 heterocycles. The highest BCUT2D eigenvalue weighted by atomic mass is 79.9. The summed E-state index contributed by atoms with van der Waals surface area (Å²) in [7, 11) is 0. The molecule has 0 fully saturated rings. The quantitative estimate of drug-likeness (QED) is 0.213. The van der Waals surface area contributed by atoms with E-state index in [0.29, 0.717) is 27.0 Å². The van der Waals surface area contributed by atoms with Crippen molar-refractivity contribution in [3.05, 3.63) is 88.4 Å². The number of amides is 1. The molecule has 36 heavy (non-hydrogen) atoms. The van der Waals surface area contributed by atoms with Crippen molar-refractivity contribution in [2.24, 2.45) is 0 Å². The van der Waals surface area contributed by atoms with Crippen LogP contribution in [0.3, 0.4) is 0 Å². The minimum Gasteiger partial charge on any atom is -0.508 e. The van der Waals surface area contributed by atoms with Gasteiger partial charge in [-0.3, -0.25) is 10.1 Å². The number of thiol groups is 1. The standard InChI is InChI=1S/C26H23BrN2O6S/c27-18-8-11-22(30)21(14-18)25(35-26(32)29-19-9-6-17(15-28)7-10-19)23(12-13-33-24(31)16-36)34-20-4-2-1-3-5-20/h1-11,14,23,25,30,36H,12-13,16H2,(H,29,32)/t23-,25-/m0/s1. The summed E-state index contributed by atoms with van der Waals surface area (Å²) in [5.74, 6) is -0.191. The van der Waals surface area contributed by atoms with Crippen LogP contribution in [0.4, 0.5) is 10.5 Å². The van der Waals surface area contributed by atoms with Gasteiger partial charge in [0, 0.05) is 22.1 Å². The van der Waals surface area contributed by atoms with E-state index in [1.54, 1.807) is 60.7 Å². The van der Waals surface area contributed by atoms with Gasteiger partial charge in [0.25, 0.3) is 0 Å². The average Bonchev–Trinajstić information content (AvgIpc) is 2.89. The van der Waals surface area contributed by atoms with Gasteiger partial charge < -0.3 is 19.3 Å². The van der Waals surface area contributed by atoms with Gasteiger partial charge in [-0.15, -0.1) is 0 Å². The lowest BCUT2D eigenvalue weighted by Crippen LogP contribution is -2.32. The van der Waals surface area contributed by atoms with Crippen molar-refractivity contribution in [1.82, 2.24) is 0 Å². The number of phenols is 1. The lowest BCUT2D eigenvalue weighted by atomic mass is 10.0. The van der Waals surface area contributed by atoms with Gasteiger partial charge in [-0.05, 0) is 54.6 Å². The molecule has 2 N–H and O–H groups in total. The molecule has 3 rings (SSSR count). The Morgan fingerprint density at radius 3 is 2.47 bits per heavy atom. The third kappa shape index (κ3) is 7.93. The highest BCUT2D eigenvalue weighted by Gasteiger charge is 2.32. The van der Waals surface area contributed by atoms with E-state index in [1.165, 1.54) is 6.07 Å². The molecule has 3 aromatic rings. The van der Waals surface area contributed by atoms with Gasteiger partial charge in [-0.25, -0.2) is 4.79 Å². The fraction of sp³-hybridized carbons (Fsp3) is 0.192. The van der Waals surface area contributed by atoms with E-state index >= 15 is 0 Å². The number of carbonyl (C=O) groups is 2. The number of ether oxygens (including phenoxy) is 3. The molecular formula is C26H23BrN2O6S. The first-order valence-corrected chi connectivity index (χ1v) is 12.3. The Balaban J connectivity index is 1.90. The van der Waals surface area contributed by atoms with E-state index < -0.39 is 24.3 Å². The van der Waals surface area contributed by atoms with Crippen LogP contribution in [-0.4, -0.2) is 35.6 Å². The predicted molar refractivity (Wildman–Crippen MR) is 140 cm³/mol. The Labute approximate surface area is 222 Å². The number of halogens is 1. The molecule has 0 radical (unpaired) electrons. The molecule has 0 aliphatic carbocycles. The highest BCUT2D eigenvalue weighted by Crippen LogP contribution is 2.35. The summed E-state index contributed by atoms with van der Waals surface area (Å²) in [5, 5.41) is 22.2. The maximum atomic E-state index is 12.9. The summed E-state index contributed by atoms with van der Waals surface area (Å²) in [5.41, 5.74) is 1.15. The second kappa shape index (κ2) is 13.4. The molecule has 0 saturated heterocycles. The predicted octanol–water partition coefficient (Wildman–Crippen LogP) is 5.63. The number of para-hydroxylation sites is 1. The zero-order chi connectivity index (χ0) is 25.9. The van der Waals surface area contributed by atoms with Crippen LogP contribution < -0.4 is 10.1 Å². The zero-order valence-corrected chi connectivity index (χ0v) is 21.4. The number of rotatable bonds is 10. The second-order valence-electron chi connectivity index (χ2n) is 7.48. The van der Waals surface area contributed by atoms with E-state index in [4.69, 9.17) is 19.5 Å². The van der Waals surface area contributed by atoms with Gasteiger partial charge in [-0.2, -0.15) is 17.9 Å². The van der Waals surface area contributed by atoms with Crippen LogP contribution in [0.2, 0.25) is 0 Å². The number of nitriles is 1. The van der Waals surface area contributed by atoms with Crippen LogP contribution in [0.1, 0.15) is 23.7 Å². The lowest BCUT2D eigenvalue weighted by Gasteiger charge is -2.29. The molecule has 3 aromatic carbocycles. The van der Waals surface area contributed by atoms with E-state index in [0.717, 1.165) is 0 Å². The second-order valence-corrected chi connectivity index (χ2v) is 8.71. The maximum absolute atomic E-state index is 12.9.